The van der Waals surface area contributed by atoms with Crippen LogP contribution in [-0.2, 0) is 14.8 Å². The molecule has 1 saturated carbocycles. The van der Waals surface area contributed by atoms with Gasteiger partial charge in [0.15, 0.2) is 0 Å². The van der Waals surface area contributed by atoms with E-state index in [1.807, 2.05) is 0 Å². The molecule has 0 atom stereocenters. The minimum Gasteiger partial charge on any atom is -0.497 e. The van der Waals surface area contributed by atoms with Crippen LogP contribution < -0.4 is 9.46 Å². The largest absolute Gasteiger partial charge is 0.497 e. The summed E-state index contributed by atoms with van der Waals surface area (Å²) in [6.07, 6.45) is -2.82. The summed E-state index contributed by atoms with van der Waals surface area (Å²) >= 11 is 0. The third-order valence-corrected chi connectivity index (χ3v) is 5.48. The lowest BCUT2D eigenvalue weighted by molar-refractivity contribution is -0.149. The monoisotopic (exact) mass is 349 g/mol. The molecule has 128 valence electrons. The Labute approximate surface area is 132 Å². The lowest BCUT2D eigenvalue weighted by Gasteiger charge is -2.42. The van der Waals surface area contributed by atoms with Crippen molar-refractivity contribution in [1.82, 2.24) is 4.72 Å². The summed E-state index contributed by atoms with van der Waals surface area (Å²) < 4.78 is 58.1. The molecule has 1 fully saturated rings. The van der Waals surface area contributed by atoms with Crippen LogP contribution in [0.2, 0.25) is 0 Å². The SMILES string of the molecule is COc1ccc(S(=O)(=O)NC2(C(=O)O)CC(C)C2)c(C(F)F)c1. The number of carbonyl (C=O) groups is 1. The highest BCUT2D eigenvalue weighted by atomic mass is 32.2. The van der Waals surface area contributed by atoms with Crippen molar-refractivity contribution in [1.29, 1.82) is 0 Å². The van der Waals surface area contributed by atoms with Crippen LogP contribution in [0.15, 0.2) is 23.1 Å². The number of benzene rings is 1. The fraction of sp³-hybridized carbons (Fsp3) is 0.500. The zero-order valence-corrected chi connectivity index (χ0v) is 13.4. The number of alkyl halides is 2. The first-order chi connectivity index (χ1) is 10.6. The van der Waals surface area contributed by atoms with Crippen molar-refractivity contribution < 1.29 is 31.8 Å². The number of hydrogen-bond acceptors (Lipinski definition) is 4. The predicted molar refractivity (Wildman–Crippen MR) is 77.0 cm³/mol. The molecule has 1 aliphatic carbocycles. The van der Waals surface area contributed by atoms with E-state index in [-0.39, 0.29) is 24.5 Å². The first-order valence-electron chi connectivity index (χ1n) is 6.85. The first kappa shape index (κ1) is 17.6. The molecule has 0 heterocycles. The molecular weight excluding hydrogens is 332 g/mol. The fourth-order valence-corrected chi connectivity index (χ4v) is 4.40. The smallest absolute Gasteiger partial charge is 0.324 e. The van der Waals surface area contributed by atoms with Crippen LogP contribution >= 0.6 is 0 Å². The molecular formula is C14H17F2NO5S. The number of halogens is 2. The summed E-state index contributed by atoms with van der Waals surface area (Å²) in [4.78, 5) is 10.7. The maximum absolute atomic E-state index is 13.2. The van der Waals surface area contributed by atoms with Gasteiger partial charge in [-0.25, -0.2) is 17.2 Å². The van der Waals surface area contributed by atoms with Gasteiger partial charge in [-0.15, -0.1) is 0 Å². The quantitative estimate of drug-likeness (QED) is 0.821. The van der Waals surface area contributed by atoms with E-state index in [0.29, 0.717) is 0 Å². The number of nitrogens with one attached hydrogen (secondary N) is 1. The molecule has 0 aliphatic heterocycles. The van der Waals surface area contributed by atoms with Crippen LogP contribution in [0, 0.1) is 5.92 Å². The Morgan fingerprint density at radius 3 is 2.48 bits per heavy atom. The van der Waals surface area contributed by atoms with Crippen molar-refractivity contribution in [3.8, 4) is 5.75 Å². The van der Waals surface area contributed by atoms with Crippen molar-refractivity contribution in [3.63, 3.8) is 0 Å². The second-order valence-electron chi connectivity index (χ2n) is 5.71. The zero-order valence-electron chi connectivity index (χ0n) is 12.5. The normalized spacial score (nSPS) is 24.3. The van der Waals surface area contributed by atoms with Crippen molar-refractivity contribution in [2.45, 2.75) is 36.6 Å². The molecule has 1 aliphatic rings. The molecule has 0 radical (unpaired) electrons. The third-order valence-electron chi connectivity index (χ3n) is 3.87. The summed E-state index contributed by atoms with van der Waals surface area (Å²) in [6.45, 7) is 1.79. The molecule has 0 aromatic heterocycles. The van der Waals surface area contributed by atoms with Gasteiger partial charge in [-0.1, -0.05) is 6.92 Å². The van der Waals surface area contributed by atoms with Gasteiger partial charge < -0.3 is 9.84 Å². The van der Waals surface area contributed by atoms with Gasteiger partial charge in [0.05, 0.1) is 12.0 Å². The van der Waals surface area contributed by atoms with Crippen molar-refractivity contribution in [2.24, 2.45) is 5.92 Å². The highest BCUT2D eigenvalue weighted by molar-refractivity contribution is 7.89. The summed E-state index contributed by atoms with van der Waals surface area (Å²) in [5.41, 5.74) is -2.37. The van der Waals surface area contributed by atoms with Crippen LogP contribution in [0.4, 0.5) is 8.78 Å². The van der Waals surface area contributed by atoms with Crippen molar-refractivity contribution >= 4 is 16.0 Å². The van der Waals surface area contributed by atoms with Gasteiger partial charge in [0, 0.05) is 5.56 Å². The minimum absolute atomic E-state index is 0.0410. The molecule has 0 amide bonds. The van der Waals surface area contributed by atoms with Crippen LogP contribution in [0.25, 0.3) is 0 Å². The number of methoxy groups -OCH3 is 1. The summed E-state index contributed by atoms with van der Waals surface area (Å²) in [5.74, 6) is -1.19. The lowest BCUT2D eigenvalue weighted by atomic mass is 9.70. The molecule has 0 bridgehead atoms. The highest BCUT2D eigenvalue weighted by Gasteiger charge is 2.51. The number of rotatable bonds is 6. The van der Waals surface area contributed by atoms with Crippen LogP contribution in [0.3, 0.4) is 0 Å². The standard InChI is InChI=1S/C14H17F2NO5S/c1-8-6-14(7-8,13(18)19)17-23(20,21)11-4-3-9(22-2)5-10(11)12(15)16/h3-5,8,12,17H,6-7H2,1-2H3,(H,18,19). The number of hydrogen-bond donors (Lipinski definition) is 2. The molecule has 0 spiro atoms. The van der Waals surface area contributed by atoms with Crippen LogP contribution in [0.1, 0.15) is 31.8 Å². The maximum atomic E-state index is 13.2. The number of carboxylic acids is 1. The Bertz CT molecular complexity index is 714. The number of aliphatic carboxylic acids is 1. The highest BCUT2D eigenvalue weighted by Crippen LogP contribution is 2.39. The fourth-order valence-electron chi connectivity index (χ4n) is 2.81. The zero-order chi connectivity index (χ0) is 17.4. The molecule has 1 aromatic carbocycles. The molecule has 2 N–H and O–H groups in total. The molecule has 6 nitrogen and oxygen atoms in total. The lowest BCUT2D eigenvalue weighted by Crippen LogP contribution is -2.61. The van der Waals surface area contributed by atoms with E-state index in [1.54, 1.807) is 6.92 Å². The van der Waals surface area contributed by atoms with E-state index in [0.717, 1.165) is 12.1 Å². The predicted octanol–water partition coefficient (Wildman–Crippen LogP) is 2.16. The Balaban J connectivity index is 2.42. The second-order valence-corrected chi connectivity index (χ2v) is 7.36. The van der Waals surface area contributed by atoms with Crippen LogP contribution in [0.5, 0.6) is 5.75 Å². The molecule has 1 aromatic rings. The summed E-state index contributed by atoms with van der Waals surface area (Å²) in [5, 5.41) is 9.28. The number of ether oxygens (including phenoxy) is 1. The van der Waals surface area contributed by atoms with E-state index < -0.39 is 38.4 Å². The average Bonchev–Trinajstić information content (AvgIpc) is 2.44. The Hall–Kier alpha value is -1.74. The van der Waals surface area contributed by atoms with Gasteiger partial charge >= 0.3 is 5.97 Å². The molecule has 0 saturated heterocycles. The number of sulfonamides is 1. The van der Waals surface area contributed by atoms with Crippen molar-refractivity contribution in [2.75, 3.05) is 7.11 Å². The first-order valence-corrected chi connectivity index (χ1v) is 8.33. The van der Waals surface area contributed by atoms with Gasteiger partial charge in [0.1, 0.15) is 11.3 Å². The third kappa shape index (κ3) is 3.30. The molecule has 0 unspecified atom stereocenters. The summed E-state index contributed by atoms with van der Waals surface area (Å²) in [7, 11) is -3.14. The average molecular weight is 349 g/mol. The topological polar surface area (TPSA) is 92.7 Å². The van der Waals surface area contributed by atoms with Crippen molar-refractivity contribution in [3.05, 3.63) is 23.8 Å². The minimum atomic E-state index is -4.41. The van der Waals surface area contributed by atoms with Gasteiger partial charge in [-0.05, 0) is 37.0 Å². The van der Waals surface area contributed by atoms with E-state index in [9.17, 15) is 27.1 Å². The van der Waals surface area contributed by atoms with Gasteiger partial charge in [0.2, 0.25) is 10.0 Å². The molecule has 2 rings (SSSR count). The van der Waals surface area contributed by atoms with E-state index in [1.165, 1.54) is 13.2 Å². The van der Waals surface area contributed by atoms with E-state index >= 15 is 0 Å². The number of carboxylic acid groups (broad SMARTS) is 1. The van der Waals surface area contributed by atoms with Gasteiger partial charge in [0.25, 0.3) is 6.43 Å². The Kier molecular flexibility index (Phi) is 4.63. The maximum Gasteiger partial charge on any atom is 0.324 e. The van der Waals surface area contributed by atoms with Gasteiger partial charge in [-0.3, -0.25) is 4.79 Å². The Morgan fingerprint density at radius 1 is 1.43 bits per heavy atom. The van der Waals surface area contributed by atoms with Crippen LogP contribution in [-0.4, -0.2) is 32.1 Å². The molecule has 9 heteroatoms. The summed E-state index contributed by atoms with van der Waals surface area (Å²) in [6, 6.07) is 3.15. The van der Waals surface area contributed by atoms with Gasteiger partial charge in [-0.2, -0.15) is 4.72 Å². The van der Waals surface area contributed by atoms with E-state index in [4.69, 9.17) is 4.74 Å². The second kappa shape index (κ2) is 6.04. The van der Waals surface area contributed by atoms with E-state index in [2.05, 4.69) is 4.72 Å². The molecule has 23 heavy (non-hydrogen) atoms. The Morgan fingerprint density at radius 2 is 2.04 bits per heavy atom.